The van der Waals surface area contributed by atoms with Crippen molar-refractivity contribution in [2.24, 2.45) is 0 Å². The van der Waals surface area contributed by atoms with Gasteiger partial charge in [-0.1, -0.05) is 6.07 Å². The Morgan fingerprint density at radius 3 is 2.74 bits per heavy atom. The first-order valence-corrected chi connectivity index (χ1v) is 8.83. The molecule has 27 heavy (non-hydrogen) atoms. The molecule has 136 valence electrons. The molecule has 7 nitrogen and oxygen atoms in total. The predicted molar refractivity (Wildman–Crippen MR) is 104 cm³/mol. The van der Waals surface area contributed by atoms with Crippen LogP contribution in [-0.4, -0.2) is 33.4 Å². The Balaban J connectivity index is 1.46. The quantitative estimate of drug-likeness (QED) is 0.745. The van der Waals surface area contributed by atoms with Crippen molar-refractivity contribution in [3.05, 3.63) is 71.5 Å². The molecule has 1 aliphatic heterocycles. The number of hydrogen-bond donors (Lipinski definition) is 2. The third-order valence-electron chi connectivity index (χ3n) is 4.66. The minimum Gasteiger partial charge on any atom is -0.358 e. The van der Waals surface area contributed by atoms with E-state index in [0.717, 1.165) is 36.2 Å². The second kappa shape index (κ2) is 7.41. The Hall–Kier alpha value is -3.48. The van der Waals surface area contributed by atoms with E-state index in [9.17, 15) is 9.59 Å². The summed E-state index contributed by atoms with van der Waals surface area (Å²) in [6.07, 6.45) is 8.55. The molecule has 1 fully saturated rings. The molecule has 4 heterocycles. The highest BCUT2D eigenvalue weighted by atomic mass is 16.2. The summed E-state index contributed by atoms with van der Waals surface area (Å²) in [5.74, 6) is 0.418. The lowest BCUT2D eigenvalue weighted by molar-refractivity contribution is -0.117. The summed E-state index contributed by atoms with van der Waals surface area (Å²) >= 11 is 0. The molecule has 1 saturated heterocycles. The summed E-state index contributed by atoms with van der Waals surface area (Å²) in [5, 5.41) is 2.89. The molecular weight excluding hydrogens is 342 g/mol. The SMILES string of the molecule is O=C(Nc1ccc(-c2cccnc2)cn1)C1CCCN1c1ccc(=O)[nH]c1. The van der Waals surface area contributed by atoms with Crippen LogP contribution in [0.4, 0.5) is 11.5 Å². The second-order valence-corrected chi connectivity index (χ2v) is 6.43. The summed E-state index contributed by atoms with van der Waals surface area (Å²) in [4.78, 5) is 37.1. The Kier molecular flexibility index (Phi) is 4.65. The summed E-state index contributed by atoms with van der Waals surface area (Å²) < 4.78 is 0. The highest BCUT2D eigenvalue weighted by Crippen LogP contribution is 2.25. The highest BCUT2D eigenvalue weighted by molar-refractivity contribution is 5.96. The van der Waals surface area contributed by atoms with Crippen LogP contribution in [0.2, 0.25) is 0 Å². The number of carbonyl (C=O) groups excluding carboxylic acids is 1. The summed E-state index contributed by atoms with van der Waals surface area (Å²) in [6.45, 7) is 0.775. The molecule has 0 spiro atoms. The fourth-order valence-corrected chi connectivity index (χ4v) is 3.31. The van der Waals surface area contributed by atoms with Crippen LogP contribution in [0, 0.1) is 0 Å². The fraction of sp³-hybridized carbons (Fsp3) is 0.200. The van der Waals surface area contributed by atoms with Gasteiger partial charge in [0.25, 0.3) is 0 Å². The van der Waals surface area contributed by atoms with Crippen molar-refractivity contribution in [1.82, 2.24) is 15.0 Å². The monoisotopic (exact) mass is 361 g/mol. The third-order valence-corrected chi connectivity index (χ3v) is 4.66. The van der Waals surface area contributed by atoms with Crippen molar-refractivity contribution in [2.75, 3.05) is 16.8 Å². The second-order valence-electron chi connectivity index (χ2n) is 6.43. The maximum absolute atomic E-state index is 12.7. The van der Waals surface area contributed by atoms with Gasteiger partial charge in [0.1, 0.15) is 11.9 Å². The molecular formula is C20H19N5O2. The number of carbonyl (C=O) groups is 1. The maximum Gasteiger partial charge on any atom is 0.248 e. The van der Waals surface area contributed by atoms with Gasteiger partial charge in [-0.2, -0.15) is 0 Å². The van der Waals surface area contributed by atoms with Gasteiger partial charge < -0.3 is 15.2 Å². The average molecular weight is 361 g/mol. The molecule has 1 unspecified atom stereocenters. The number of pyridine rings is 3. The fourth-order valence-electron chi connectivity index (χ4n) is 3.31. The van der Waals surface area contributed by atoms with Crippen molar-refractivity contribution in [3.8, 4) is 11.1 Å². The number of hydrogen-bond acceptors (Lipinski definition) is 5. The molecule has 0 bridgehead atoms. The van der Waals surface area contributed by atoms with Gasteiger partial charge in [0.05, 0.1) is 5.69 Å². The van der Waals surface area contributed by atoms with Crippen LogP contribution < -0.4 is 15.8 Å². The largest absolute Gasteiger partial charge is 0.358 e. The number of aromatic amines is 1. The van der Waals surface area contributed by atoms with E-state index in [4.69, 9.17) is 0 Å². The van der Waals surface area contributed by atoms with E-state index in [1.54, 1.807) is 36.9 Å². The van der Waals surface area contributed by atoms with Crippen molar-refractivity contribution in [1.29, 1.82) is 0 Å². The molecule has 3 aromatic rings. The molecule has 1 amide bonds. The van der Waals surface area contributed by atoms with E-state index < -0.39 is 0 Å². The summed E-state index contributed by atoms with van der Waals surface area (Å²) in [6, 6.07) is 10.5. The number of nitrogens with zero attached hydrogens (tertiary/aromatic N) is 3. The molecule has 0 aromatic carbocycles. The van der Waals surface area contributed by atoms with E-state index in [0.29, 0.717) is 5.82 Å². The number of aromatic nitrogens is 3. The molecule has 0 radical (unpaired) electrons. The zero-order valence-corrected chi connectivity index (χ0v) is 14.6. The van der Waals surface area contributed by atoms with E-state index in [-0.39, 0.29) is 17.5 Å². The molecule has 4 rings (SSSR count). The van der Waals surface area contributed by atoms with Gasteiger partial charge in [-0.3, -0.25) is 14.6 Å². The van der Waals surface area contributed by atoms with Gasteiger partial charge in [-0.25, -0.2) is 4.98 Å². The molecule has 2 N–H and O–H groups in total. The van der Waals surface area contributed by atoms with E-state index in [2.05, 4.69) is 20.3 Å². The Morgan fingerprint density at radius 1 is 1.15 bits per heavy atom. The summed E-state index contributed by atoms with van der Waals surface area (Å²) in [5.41, 5.74) is 2.60. The van der Waals surface area contributed by atoms with Gasteiger partial charge in [0.2, 0.25) is 11.5 Å². The Labute approximate surface area is 156 Å². The molecule has 3 aromatic heterocycles. The van der Waals surface area contributed by atoms with E-state index in [1.165, 1.54) is 6.07 Å². The first kappa shape index (κ1) is 17.0. The number of rotatable bonds is 4. The molecule has 1 aliphatic rings. The van der Waals surface area contributed by atoms with Crippen molar-refractivity contribution in [3.63, 3.8) is 0 Å². The zero-order chi connectivity index (χ0) is 18.6. The van der Waals surface area contributed by atoms with Crippen LogP contribution in [0.5, 0.6) is 0 Å². The van der Waals surface area contributed by atoms with Gasteiger partial charge in [0, 0.05) is 48.5 Å². The van der Waals surface area contributed by atoms with Crippen molar-refractivity contribution >= 4 is 17.4 Å². The van der Waals surface area contributed by atoms with Gasteiger partial charge in [0.15, 0.2) is 0 Å². The summed E-state index contributed by atoms with van der Waals surface area (Å²) in [7, 11) is 0. The van der Waals surface area contributed by atoms with Crippen LogP contribution in [0.1, 0.15) is 12.8 Å². The van der Waals surface area contributed by atoms with Crippen LogP contribution in [0.3, 0.4) is 0 Å². The first-order chi connectivity index (χ1) is 13.2. The first-order valence-electron chi connectivity index (χ1n) is 8.83. The smallest absolute Gasteiger partial charge is 0.248 e. The molecule has 7 heteroatoms. The van der Waals surface area contributed by atoms with Crippen molar-refractivity contribution in [2.45, 2.75) is 18.9 Å². The number of nitrogens with one attached hydrogen (secondary N) is 2. The van der Waals surface area contributed by atoms with E-state index >= 15 is 0 Å². The number of amides is 1. The molecule has 0 aliphatic carbocycles. The normalized spacial score (nSPS) is 16.3. The van der Waals surface area contributed by atoms with Gasteiger partial charge in [-0.05, 0) is 37.1 Å². The van der Waals surface area contributed by atoms with E-state index in [1.807, 2.05) is 23.1 Å². The standard InChI is InChI=1S/C20H19N5O2/c26-19-8-6-16(13-23-19)25-10-2-4-17(25)20(27)24-18-7-5-15(12-22-18)14-3-1-9-21-11-14/h1,3,5-9,11-13,17H,2,4,10H2,(H,23,26)(H,22,24,27). The van der Waals surface area contributed by atoms with Gasteiger partial charge >= 0.3 is 0 Å². The zero-order valence-electron chi connectivity index (χ0n) is 14.6. The minimum absolute atomic E-state index is 0.0969. The average Bonchev–Trinajstić information content (AvgIpc) is 3.20. The predicted octanol–water partition coefficient (Wildman–Crippen LogP) is 2.44. The topological polar surface area (TPSA) is 91.0 Å². The molecule has 0 saturated carbocycles. The van der Waals surface area contributed by atoms with Crippen LogP contribution in [-0.2, 0) is 4.79 Å². The lowest BCUT2D eigenvalue weighted by Gasteiger charge is -2.25. The Morgan fingerprint density at radius 2 is 2.04 bits per heavy atom. The molecule has 1 atom stereocenters. The maximum atomic E-state index is 12.7. The van der Waals surface area contributed by atoms with Crippen LogP contribution in [0.15, 0.2) is 66.0 Å². The minimum atomic E-state index is -0.282. The van der Waals surface area contributed by atoms with Crippen molar-refractivity contribution < 1.29 is 4.79 Å². The number of anilines is 2. The third kappa shape index (κ3) is 3.72. The van der Waals surface area contributed by atoms with Gasteiger partial charge in [-0.15, -0.1) is 0 Å². The highest BCUT2D eigenvalue weighted by Gasteiger charge is 2.31. The Bertz CT molecular complexity index is 965. The van der Waals surface area contributed by atoms with Crippen LogP contribution in [0.25, 0.3) is 11.1 Å². The van der Waals surface area contributed by atoms with Crippen LogP contribution >= 0.6 is 0 Å². The lowest BCUT2D eigenvalue weighted by Crippen LogP contribution is -2.40. The lowest BCUT2D eigenvalue weighted by atomic mass is 10.1. The number of H-pyrrole nitrogens is 1.